The lowest BCUT2D eigenvalue weighted by molar-refractivity contribution is 0.474. The Morgan fingerprint density at radius 2 is 2.07 bits per heavy atom. The van der Waals surface area contributed by atoms with Gasteiger partial charge in [-0.3, -0.25) is 4.99 Å². The first kappa shape index (κ1) is 10.2. The van der Waals surface area contributed by atoms with Crippen LogP contribution in [0.25, 0.3) is 0 Å². The number of phenolic OH excluding ortho intramolecular Hbond substituents is 1. The zero-order valence-electron chi connectivity index (χ0n) is 9.11. The van der Waals surface area contributed by atoms with E-state index >= 15 is 0 Å². The maximum Gasteiger partial charge on any atom is 0.124 e. The number of aliphatic imine (C=N–C) groups is 1. The van der Waals surface area contributed by atoms with Crippen molar-refractivity contribution >= 4 is 6.21 Å². The van der Waals surface area contributed by atoms with Gasteiger partial charge < -0.3 is 5.11 Å². The van der Waals surface area contributed by atoms with Gasteiger partial charge in [0.15, 0.2) is 0 Å². The van der Waals surface area contributed by atoms with E-state index in [0.29, 0.717) is 11.8 Å². The molecule has 1 fully saturated rings. The number of phenols is 1. The summed E-state index contributed by atoms with van der Waals surface area (Å²) in [5, 5.41) is 9.67. The standard InChI is InChI=1S/C13H17NO/c1-10-6-7-11(13(15)8-10)9-14-12-4-2-3-5-12/h6-9,12,15H,2-5H2,1H3/b14-9+. The highest BCUT2D eigenvalue weighted by Crippen LogP contribution is 2.22. The molecule has 1 aliphatic rings. The van der Waals surface area contributed by atoms with Crippen LogP contribution in [-0.2, 0) is 0 Å². The Labute approximate surface area is 90.7 Å². The van der Waals surface area contributed by atoms with Gasteiger partial charge in [-0.05, 0) is 37.5 Å². The molecule has 2 heteroatoms. The van der Waals surface area contributed by atoms with Gasteiger partial charge in [0, 0.05) is 17.8 Å². The minimum absolute atomic E-state index is 0.330. The van der Waals surface area contributed by atoms with E-state index in [0.717, 1.165) is 11.1 Å². The highest BCUT2D eigenvalue weighted by atomic mass is 16.3. The van der Waals surface area contributed by atoms with E-state index < -0.39 is 0 Å². The molecule has 0 spiro atoms. The molecule has 0 radical (unpaired) electrons. The van der Waals surface area contributed by atoms with Crippen molar-refractivity contribution in [3.05, 3.63) is 29.3 Å². The Morgan fingerprint density at radius 3 is 2.73 bits per heavy atom. The van der Waals surface area contributed by atoms with E-state index in [4.69, 9.17) is 0 Å². The van der Waals surface area contributed by atoms with Gasteiger partial charge in [-0.25, -0.2) is 0 Å². The van der Waals surface area contributed by atoms with Crippen LogP contribution < -0.4 is 0 Å². The number of nitrogens with zero attached hydrogens (tertiary/aromatic N) is 1. The maximum atomic E-state index is 9.67. The summed E-state index contributed by atoms with van der Waals surface area (Å²) in [6, 6.07) is 6.17. The van der Waals surface area contributed by atoms with Crippen LogP contribution in [-0.4, -0.2) is 17.4 Å². The predicted octanol–water partition coefficient (Wildman–Crippen LogP) is 3.06. The van der Waals surface area contributed by atoms with Gasteiger partial charge in [-0.1, -0.05) is 18.9 Å². The van der Waals surface area contributed by atoms with Crippen LogP contribution in [0.15, 0.2) is 23.2 Å². The minimum Gasteiger partial charge on any atom is -0.507 e. The molecule has 1 aromatic carbocycles. The van der Waals surface area contributed by atoms with E-state index in [1.165, 1.54) is 25.7 Å². The summed E-state index contributed by atoms with van der Waals surface area (Å²) < 4.78 is 0. The van der Waals surface area contributed by atoms with Crippen LogP contribution in [0.1, 0.15) is 36.8 Å². The number of benzene rings is 1. The van der Waals surface area contributed by atoms with Crippen molar-refractivity contribution in [1.82, 2.24) is 0 Å². The summed E-state index contributed by atoms with van der Waals surface area (Å²) in [4.78, 5) is 4.50. The molecule has 1 saturated carbocycles. The van der Waals surface area contributed by atoms with Crippen LogP contribution in [0.3, 0.4) is 0 Å². The molecular formula is C13H17NO. The van der Waals surface area contributed by atoms with Gasteiger partial charge in [0.2, 0.25) is 0 Å². The van der Waals surface area contributed by atoms with Gasteiger partial charge in [0.05, 0.1) is 0 Å². The zero-order valence-corrected chi connectivity index (χ0v) is 9.11. The molecule has 0 heterocycles. The monoisotopic (exact) mass is 203 g/mol. The molecule has 2 rings (SSSR count). The molecule has 1 aromatic rings. The molecule has 1 aliphatic carbocycles. The Kier molecular flexibility index (Phi) is 3.05. The molecular weight excluding hydrogens is 186 g/mol. The van der Waals surface area contributed by atoms with Crippen LogP contribution in [0.4, 0.5) is 0 Å². The Morgan fingerprint density at radius 1 is 1.33 bits per heavy atom. The third-order valence-electron chi connectivity index (χ3n) is 2.94. The molecule has 0 unspecified atom stereocenters. The Hall–Kier alpha value is -1.31. The van der Waals surface area contributed by atoms with Crippen molar-refractivity contribution in [1.29, 1.82) is 0 Å². The summed E-state index contributed by atoms with van der Waals surface area (Å²) in [6.07, 6.45) is 6.79. The predicted molar refractivity (Wildman–Crippen MR) is 62.7 cm³/mol. The fraction of sp³-hybridized carbons (Fsp3) is 0.462. The topological polar surface area (TPSA) is 32.6 Å². The first-order chi connectivity index (χ1) is 7.25. The van der Waals surface area contributed by atoms with E-state index in [1.807, 2.05) is 25.3 Å². The van der Waals surface area contributed by atoms with Gasteiger partial charge in [-0.15, -0.1) is 0 Å². The van der Waals surface area contributed by atoms with E-state index in [2.05, 4.69) is 4.99 Å². The smallest absolute Gasteiger partial charge is 0.124 e. The Bertz CT molecular complexity index is 365. The van der Waals surface area contributed by atoms with Crippen LogP contribution in [0.2, 0.25) is 0 Å². The summed E-state index contributed by atoms with van der Waals surface area (Å²) in [5.74, 6) is 0.330. The molecule has 0 amide bonds. The normalized spacial score (nSPS) is 17.7. The van der Waals surface area contributed by atoms with Crippen LogP contribution in [0.5, 0.6) is 5.75 Å². The second kappa shape index (κ2) is 4.47. The second-order valence-electron chi connectivity index (χ2n) is 4.28. The molecule has 0 bridgehead atoms. The molecule has 0 aromatic heterocycles. The fourth-order valence-corrected chi connectivity index (χ4v) is 2.00. The number of hydrogen-bond donors (Lipinski definition) is 1. The van der Waals surface area contributed by atoms with Crippen molar-refractivity contribution in [3.63, 3.8) is 0 Å². The fourth-order valence-electron chi connectivity index (χ4n) is 2.00. The van der Waals surface area contributed by atoms with Gasteiger partial charge >= 0.3 is 0 Å². The maximum absolute atomic E-state index is 9.67. The largest absolute Gasteiger partial charge is 0.507 e. The molecule has 0 saturated heterocycles. The molecule has 2 nitrogen and oxygen atoms in total. The van der Waals surface area contributed by atoms with Crippen LogP contribution >= 0.6 is 0 Å². The quantitative estimate of drug-likeness (QED) is 0.736. The van der Waals surface area contributed by atoms with Crippen molar-refractivity contribution in [2.45, 2.75) is 38.6 Å². The lowest BCUT2D eigenvalue weighted by Crippen LogP contribution is -1.96. The van der Waals surface area contributed by atoms with Gasteiger partial charge in [0.25, 0.3) is 0 Å². The van der Waals surface area contributed by atoms with Crippen molar-refractivity contribution in [3.8, 4) is 5.75 Å². The molecule has 0 atom stereocenters. The summed E-state index contributed by atoms with van der Waals surface area (Å²) in [7, 11) is 0. The summed E-state index contributed by atoms with van der Waals surface area (Å²) in [5.41, 5.74) is 1.90. The Balaban J connectivity index is 2.09. The molecule has 1 N–H and O–H groups in total. The highest BCUT2D eigenvalue weighted by Gasteiger charge is 2.12. The molecule has 0 aliphatic heterocycles. The average Bonchev–Trinajstić information content (AvgIpc) is 2.69. The minimum atomic E-state index is 0.330. The highest BCUT2D eigenvalue weighted by molar-refractivity contribution is 5.83. The van der Waals surface area contributed by atoms with Crippen molar-refractivity contribution in [2.75, 3.05) is 0 Å². The van der Waals surface area contributed by atoms with E-state index in [9.17, 15) is 5.11 Å². The average molecular weight is 203 g/mol. The third kappa shape index (κ3) is 2.58. The van der Waals surface area contributed by atoms with Crippen molar-refractivity contribution in [2.24, 2.45) is 4.99 Å². The van der Waals surface area contributed by atoms with Crippen LogP contribution in [0, 0.1) is 6.92 Å². The third-order valence-corrected chi connectivity index (χ3v) is 2.94. The SMILES string of the molecule is Cc1ccc(/C=N/C2CCCC2)c(O)c1. The molecule has 80 valence electrons. The number of aryl methyl sites for hydroxylation is 1. The number of hydrogen-bond acceptors (Lipinski definition) is 2. The van der Waals surface area contributed by atoms with E-state index in [1.54, 1.807) is 6.07 Å². The second-order valence-corrected chi connectivity index (χ2v) is 4.28. The van der Waals surface area contributed by atoms with Gasteiger partial charge in [0.1, 0.15) is 5.75 Å². The first-order valence-corrected chi connectivity index (χ1v) is 5.58. The zero-order chi connectivity index (χ0) is 10.7. The number of rotatable bonds is 2. The van der Waals surface area contributed by atoms with Gasteiger partial charge in [-0.2, -0.15) is 0 Å². The molecule has 15 heavy (non-hydrogen) atoms. The summed E-state index contributed by atoms with van der Waals surface area (Å²) in [6.45, 7) is 1.97. The lowest BCUT2D eigenvalue weighted by atomic mass is 10.1. The lowest BCUT2D eigenvalue weighted by Gasteiger charge is -2.03. The summed E-state index contributed by atoms with van der Waals surface area (Å²) >= 11 is 0. The van der Waals surface area contributed by atoms with E-state index in [-0.39, 0.29) is 0 Å². The number of aromatic hydroxyl groups is 1. The van der Waals surface area contributed by atoms with Crippen molar-refractivity contribution < 1.29 is 5.11 Å². The first-order valence-electron chi connectivity index (χ1n) is 5.58.